The third kappa shape index (κ3) is 4.18. The minimum absolute atomic E-state index is 0.0894. The van der Waals surface area contributed by atoms with Gasteiger partial charge in [0, 0.05) is 53.9 Å². The van der Waals surface area contributed by atoms with Crippen molar-refractivity contribution < 1.29 is 5.11 Å². The molecular weight excluding hydrogens is 408 g/mol. The van der Waals surface area contributed by atoms with Gasteiger partial charge in [-0.05, 0) is 54.3 Å². The van der Waals surface area contributed by atoms with Gasteiger partial charge in [-0.2, -0.15) is 0 Å². The van der Waals surface area contributed by atoms with Crippen LogP contribution in [0.1, 0.15) is 34.7 Å². The van der Waals surface area contributed by atoms with Crippen LogP contribution in [-0.2, 0) is 13.1 Å². The van der Waals surface area contributed by atoms with Crippen LogP contribution < -0.4 is 5.56 Å². The number of benzene rings is 2. The summed E-state index contributed by atoms with van der Waals surface area (Å²) in [6.45, 7) is 3.35. The van der Waals surface area contributed by atoms with Gasteiger partial charge in [-0.1, -0.05) is 48.0 Å². The molecule has 0 radical (unpaired) electrons. The van der Waals surface area contributed by atoms with Gasteiger partial charge in [0.05, 0.1) is 0 Å². The maximum atomic E-state index is 13.2. The van der Waals surface area contributed by atoms with E-state index in [1.807, 2.05) is 65.3 Å². The van der Waals surface area contributed by atoms with E-state index in [2.05, 4.69) is 11.0 Å². The minimum Gasteiger partial charge on any atom is -0.508 e. The number of nitrogens with zero attached hydrogens (tertiary/aromatic N) is 2. The predicted molar refractivity (Wildman–Crippen MR) is 125 cm³/mol. The van der Waals surface area contributed by atoms with Crippen molar-refractivity contribution in [2.75, 3.05) is 13.1 Å². The van der Waals surface area contributed by atoms with Gasteiger partial charge < -0.3 is 9.67 Å². The lowest BCUT2D eigenvalue weighted by molar-refractivity contribution is 0.113. The molecule has 2 aromatic carbocycles. The molecule has 1 fully saturated rings. The number of fused-ring (bicyclic) bond motifs is 4. The number of para-hydroxylation sites is 1. The minimum atomic E-state index is 0.0894. The molecule has 2 unspecified atom stereocenters. The second-order valence-corrected chi connectivity index (χ2v) is 9.07. The summed E-state index contributed by atoms with van der Waals surface area (Å²) in [5, 5.41) is 10.8. The number of hydrogen-bond donors (Lipinski definition) is 1. The lowest BCUT2D eigenvalue weighted by Gasteiger charge is -2.43. The quantitative estimate of drug-likeness (QED) is 0.631. The van der Waals surface area contributed by atoms with Gasteiger partial charge in [0.2, 0.25) is 0 Å². The van der Waals surface area contributed by atoms with Gasteiger partial charge in [-0.15, -0.1) is 0 Å². The number of hydrogen-bond acceptors (Lipinski definition) is 3. The molecule has 158 valence electrons. The van der Waals surface area contributed by atoms with Crippen LogP contribution in [0.3, 0.4) is 0 Å². The highest BCUT2D eigenvalue weighted by Crippen LogP contribution is 2.36. The number of aromatic hydroxyl groups is 1. The van der Waals surface area contributed by atoms with Gasteiger partial charge in [-0.25, -0.2) is 0 Å². The summed E-state index contributed by atoms with van der Waals surface area (Å²) < 4.78 is 1.98. The number of rotatable bonds is 4. The zero-order valence-corrected chi connectivity index (χ0v) is 18.0. The summed E-state index contributed by atoms with van der Waals surface area (Å²) in [6.07, 6.45) is 4.97. The largest absolute Gasteiger partial charge is 0.508 e. The van der Waals surface area contributed by atoms with E-state index in [9.17, 15) is 9.90 Å². The van der Waals surface area contributed by atoms with Crippen LogP contribution in [0.2, 0.25) is 5.02 Å². The van der Waals surface area contributed by atoms with Gasteiger partial charge in [0.15, 0.2) is 0 Å². The molecule has 3 heterocycles. The molecule has 2 atom stereocenters. The second kappa shape index (κ2) is 8.37. The molecular formula is C26H25ClN2O2. The SMILES string of the molecule is O=c1c(C=Cc2ccc(Cl)cc2)ccc2n1CC1CC2CN(Cc2ccccc2O)C1. The van der Waals surface area contributed by atoms with E-state index < -0.39 is 0 Å². The van der Waals surface area contributed by atoms with Gasteiger partial charge in [0.1, 0.15) is 5.75 Å². The Morgan fingerprint density at radius 3 is 2.58 bits per heavy atom. The third-order valence-corrected chi connectivity index (χ3v) is 6.67. The number of pyridine rings is 1. The number of aromatic nitrogens is 1. The Balaban J connectivity index is 1.37. The van der Waals surface area contributed by atoms with Crippen molar-refractivity contribution in [3.05, 3.63) is 98.4 Å². The topological polar surface area (TPSA) is 45.5 Å². The molecule has 31 heavy (non-hydrogen) atoms. The summed E-state index contributed by atoms with van der Waals surface area (Å²) in [7, 11) is 0. The van der Waals surface area contributed by atoms with Crippen molar-refractivity contribution in [2.24, 2.45) is 5.92 Å². The van der Waals surface area contributed by atoms with E-state index in [1.165, 1.54) is 0 Å². The number of phenolic OH excluding ortho intramolecular Hbond substituents is 1. The molecule has 4 nitrogen and oxygen atoms in total. The van der Waals surface area contributed by atoms with Crippen molar-refractivity contribution in [3.8, 4) is 5.75 Å². The first-order chi connectivity index (χ1) is 15.1. The Bertz CT molecular complexity index is 1180. The molecule has 2 aliphatic rings. The number of likely N-dealkylation sites (tertiary alicyclic amines) is 1. The summed E-state index contributed by atoms with van der Waals surface area (Å²) in [5.41, 5.74) is 3.91. The number of halogens is 1. The average molecular weight is 433 g/mol. The van der Waals surface area contributed by atoms with Crippen molar-refractivity contribution in [1.82, 2.24) is 9.47 Å². The van der Waals surface area contributed by atoms with Crippen LogP contribution >= 0.6 is 11.6 Å². The smallest absolute Gasteiger partial charge is 0.258 e. The Hall–Kier alpha value is -2.82. The molecule has 3 aromatic rings. The zero-order valence-electron chi connectivity index (χ0n) is 17.2. The number of phenols is 1. The summed E-state index contributed by atoms with van der Waals surface area (Å²) >= 11 is 5.95. The summed E-state index contributed by atoms with van der Waals surface area (Å²) in [5.74, 6) is 1.15. The fourth-order valence-electron chi connectivity index (χ4n) is 4.96. The first-order valence-corrected chi connectivity index (χ1v) is 11.1. The molecule has 0 amide bonds. The first-order valence-electron chi connectivity index (χ1n) is 10.7. The first kappa shape index (κ1) is 20.1. The fraction of sp³-hybridized carbons (Fsp3) is 0.269. The molecule has 5 heteroatoms. The van der Waals surface area contributed by atoms with Crippen LogP contribution in [0.5, 0.6) is 5.75 Å². The van der Waals surface area contributed by atoms with Crippen molar-refractivity contribution in [1.29, 1.82) is 0 Å². The van der Waals surface area contributed by atoms with Gasteiger partial charge in [0.25, 0.3) is 5.56 Å². The summed E-state index contributed by atoms with van der Waals surface area (Å²) in [6, 6.07) is 19.2. The Morgan fingerprint density at radius 1 is 0.968 bits per heavy atom. The van der Waals surface area contributed by atoms with Crippen LogP contribution in [0.4, 0.5) is 0 Å². The highest BCUT2D eigenvalue weighted by molar-refractivity contribution is 6.30. The maximum absolute atomic E-state index is 13.2. The molecule has 1 aromatic heterocycles. The number of piperidine rings is 1. The van der Waals surface area contributed by atoms with E-state index in [-0.39, 0.29) is 5.56 Å². The summed E-state index contributed by atoms with van der Waals surface area (Å²) in [4.78, 5) is 15.6. The predicted octanol–water partition coefficient (Wildman–Crippen LogP) is 5.00. The Labute approximate surface area is 187 Å². The zero-order chi connectivity index (χ0) is 21.4. The van der Waals surface area contributed by atoms with E-state index in [0.29, 0.717) is 28.2 Å². The van der Waals surface area contributed by atoms with Crippen molar-refractivity contribution in [2.45, 2.75) is 25.4 Å². The highest BCUT2D eigenvalue weighted by atomic mass is 35.5. The van der Waals surface area contributed by atoms with E-state index in [4.69, 9.17) is 11.6 Å². The van der Waals surface area contributed by atoms with Crippen LogP contribution in [0.25, 0.3) is 12.2 Å². The highest BCUT2D eigenvalue weighted by Gasteiger charge is 2.34. The average Bonchev–Trinajstić information content (AvgIpc) is 2.76. The third-order valence-electron chi connectivity index (χ3n) is 6.42. The van der Waals surface area contributed by atoms with Crippen molar-refractivity contribution in [3.63, 3.8) is 0 Å². The molecule has 2 aliphatic heterocycles. The lowest BCUT2D eigenvalue weighted by atomic mass is 9.82. The van der Waals surface area contributed by atoms with Crippen molar-refractivity contribution >= 4 is 23.8 Å². The second-order valence-electron chi connectivity index (χ2n) is 8.64. The van der Waals surface area contributed by atoms with Gasteiger partial charge in [-0.3, -0.25) is 9.69 Å². The normalized spacial score (nSPS) is 20.7. The lowest BCUT2D eigenvalue weighted by Crippen LogP contribution is -2.47. The monoisotopic (exact) mass is 432 g/mol. The molecule has 1 saturated heterocycles. The maximum Gasteiger partial charge on any atom is 0.258 e. The van der Waals surface area contributed by atoms with E-state index in [0.717, 1.165) is 49.4 Å². The Kier molecular flexibility index (Phi) is 5.43. The molecule has 2 bridgehead atoms. The molecule has 5 rings (SSSR count). The molecule has 1 N–H and O–H groups in total. The van der Waals surface area contributed by atoms with Crippen LogP contribution in [0, 0.1) is 5.92 Å². The Morgan fingerprint density at radius 2 is 1.77 bits per heavy atom. The fourth-order valence-corrected chi connectivity index (χ4v) is 5.09. The molecule has 0 aliphatic carbocycles. The standard InChI is InChI=1S/C26H25ClN2O2/c27-23-10-6-18(7-11-23)5-8-20-9-12-24-22-13-19(15-29(24)26(20)31)14-28(17-22)16-21-3-1-2-4-25(21)30/h1-12,19,22,30H,13-17H2. The van der Waals surface area contributed by atoms with E-state index in [1.54, 1.807) is 6.07 Å². The molecule has 0 saturated carbocycles. The van der Waals surface area contributed by atoms with Crippen LogP contribution in [0.15, 0.2) is 65.5 Å². The molecule has 0 spiro atoms. The van der Waals surface area contributed by atoms with Gasteiger partial charge >= 0.3 is 0 Å². The van der Waals surface area contributed by atoms with E-state index >= 15 is 0 Å². The van der Waals surface area contributed by atoms with Crippen LogP contribution in [-0.4, -0.2) is 27.7 Å².